The minimum absolute atomic E-state index is 0.0937. The van der Waals surface area contributed by atoms with Gasteiger partial charge in [-0.1, -0.05) is 52.0 Å². The molecule has 17 heavy (non-hydrogen) atoms. The quantitative estimate of drug-likeness (QED) is 0.647. The van der Waals surface area contributed by atoms with Gasteiger partial charge in [-0.15, -0.1) is 0 Å². The smallest absolute Gasteiger partial charge is 0.137 e. The van der Waals surface area contributed by atoms with Crippen LogP contribution in [0.2, 0.25) is 0 Å². The second-order valence-electron chi connectivity index (χ2n) is 4.49. The summed E-state index contributed by atoms with van der Waals surface area (Å²) in [7, 11) is 0. The average molecular weight is 297 g/mol. The third-order valence-corrected chi connectivity index (χ3v) is 3.35. The van der Waals surface area contributed by atoms with Gasteiger partial charge in [0.25, 0.3) is 0 Å². The van der Waals surface area contributed by atoms with E-state index < -0.39 is 0 Å². The zero-order chi connectivity index (χ0) is 12.8. The van der Waals surface area contributed by atoms with E-state index in [0.29, 0.717) is 5.92 Å². The van der Waals surface area contributed by atoms with E-state index in [4.69, 9.17) is 4.74 Å². The molecule has 1 unspecified atom stereocenters. The third-order valence-electron chi connectivity index (χ3n) is 2.72. The number of rotatable bonds is 6. The minimum atomic E-state index is 0.0937. The van der Waals surface area contributed by atoms with Gasteiger partial charge in [0.15, 0.2) is 0 Å². The Kier molecular flexibility index (Phi) is 5.76. The van der Waals surface area contributed by atoms with Crippen molar-refractivity contribution in [3.05, 3.63) is 40.9 Å². The highest BCUT2D eigenvalue weighted by atomic mass is 79.9. The zero-order valence-corrected chi connectivity index (χ0v) is 12.5. The lowest BCUT2D eigenvalue weighted by atomic mass is 10.0. The molecule has 0 aliphatic rings. The Labute approximate surface area is 113 Å². The zero-order valence-electron chi connectivity index (χ0n) is 10.9. The standard InChI is InChI=1S/C15H21BrO/c1-5-8-12(6-2)17-15-13(11(3)4)9-7-10-14(15)16/h6-7,9-12H,2,5,8H2,1,3-4H3. The summed E-state index contributed by atoms with van der Waals surface area (Å²) < 4.78 is 7.08. The highest BCUT2D eigenvalue weighted by Gasteiger charge is 2.14. The van der Waals surface area contributed by atoms with E-state index in [0.717, 1.165) is 23.1 Å². The Hall–Kier alpha value is -0.760. The number of benzene rings is 1. The van der Waals surface area contributed by atoms with E-state index in [2.05, 4.69) is 55.4 Å². The van der Waals surface area contributed by atoms with Crippen LogP contribution in [0, 0.1) is 0 Å². The molecule has 0 aliphatic heterocycles. The Morgan fingerprint density at radius 3 is 2.65 bits per heavy atom. The lowest BCUT2D eigenvalue weighted by Gasteiger charge is -2.20. The van der Waals surface area contributed by atoms with Crippen molar-refractivity contribution in [1.29, 1.82) is 0 Å². The van der Waals surface area contributed by atoms with Gasteiger partial charge in [0.1, 0.15) is 11.9 Å². The van der Waals surface area contributed by atoms with Crippen LogP contribution >= 0.6 is 15.9 Å². The molecular weight excluding hydrogens is 276 g/mol. The van der Waals surface area contributed by atoms with Crippen molar-refractivity contribution in [2.24, 2.45) is 0 Å². The minimum Gasteiger partial charge on any atom is -0.485 e. The van der Waals surface area contributed by atoms with Crippen LogP contribution < -0.4 is 4.74 Å². The van der Waals surface area contributed by atoms with Gasteiger partial charge in [0, 0.05) is 0 Å². The molecule has 1 nitrogen and oxygen atoms in total. The van der Waals surface area contributed by atoms with Crippen LogP contribution in [-0.2, 0) is 0 Å². The first-order chi connectivity index (χ1) is 8.10. The molecule has 0 spiro atoms. The summed E-state index contributed by atoms with van der Waals surface area (Å²) in [5.74, 6) is 1.41. The maximum Gasteiger partial charge on any atom is 0.137 e. The first-order valence-corrected chi connectivity index (χ1v) is 6.97. The highest BCUT2D eigenvalue weighted by molar-refractivity contribution is 9.10. The topological polar surface area (TPSA) is 9.23 Å². The molecule has 0 saturated carbocycles. The number of halogens is 1. The summed E-state index contributed by atoms with van der Waals surface area (Å²) in [6, 6.07) is 6.19. The molecule has 0 N–H and O–H groups in total. The van der Waals surface area contributed by atoms with E-state index in [1.165, 1.54) is 5.56 Å². The summed E-state index contributed by atoms with van der Waals surface area (Å²) in [5, 5.41) is 0. The van der Waals surface area contributed by atoms with Crippen molar-refractivity contribution in [3.8, 4) is 5.75 Å². The Bertz CT molecular complexity index is 371. The van der Waals surface area contributed by atoms with Gasteiger partial charge >= 0.3 is 0 Å². The summed E-state index contributed by atoms with van der Waals surface area (Å²) in [6.07, 6.45) is 4.07. The van der Waals surface area contributed by atoms with Crippen molar-refractivity contribution < 1.29 is 4.74 Å². The van der Waals surface area contributed by atoms with Crippen molar-refractivity contribution in [2.45, 2.75) is 45.6 Å². The second kappa shape index (κ2) is 6.85. The number of hydrogen-bond acceptors (Lipinski definition) is 1. The predicted molar refractivity (Wildman–Crippen MR) is 77.8 cm³/mol. The first-order valence-electron chi connectivity index (χ1n) is 6.17. The van der Waals surface area contributed by atoms with E-state index >= 15 is 0 Å². The van der Waals surface area contributed by atoms with Crippen molar-refractivity contribution >= 4 is 15.9 Å². The molecule has 1 atom stereocenters. The Morgan fingerprint density at radius 1 is 1.41 bits per heavy atom. The molecule has 1 aromatic carbocycles. The third kappa shape index (κ3) is 3.88. The molecule has 0 heterocycles. The van der Waals surface area contributed by atoms with Crippen LogP contribution in [0.1, 0.15) is 45.1 Å². The van der Waals surface area contributed by atoms with E-state index in [1.807, 2.05) is 12.1 Å². The molecule has 0 radical (unpaired) electrons. The van der Waals surface area contributed by atoms with Crippen molar-refractivity contribution in [1.82, 2.24) is 0 Å². The second-order valence-corrected chi connectivity index (χ2v) is 5.35. The Morgan fingerprint density at radius 2 is 2.12 bits per heavy atom. The first kappa shape index (κ1) is 14.3. The maximum absolute atomic E-state index is 6.06. The molecule has 94 valence electrons. The van der Waals surface area contributed by atoms with Gasteiger partial charge in [0.2, 0.25) is 0 Å². The summed E-state index contributed by atoms with van der Waals surface area (Å²) in [6.45, 7) is 10.4. The van der Waals surface area contributed by atoms with Crippen LogP contribution in [0.15, 0.2) is 35.3 Å². The molecule has 0 amide bonds. The van der Waals surface area contributed by atoms with Gasteiger partial charge in [-0.3, -0.25) is 0 Å². The Balaban J connectivity index is 2.99. The van der Waals surface area contributed by atoms with Crippen LogP contribution in [0.5, 0.6) is 5.75 Å². The summed E-state index contributed by atoms with van der Waals surface area (Å²) >= 11 is 3.56. The van der Waals surface area contributed by atoms with Crippen LogP contribution in [0.4, 0.5) is 0 Å². The van der Waals surface area contributed by atoms with Gasteiger partial charge in [-0.05, 0) is 39.9 Å². The summed E-state index contributed by atoms with van der Waals surface area (Å²) in [5.41, 5.74) is 1.24. The lowest BCUT2D eigenvalue weighted by Crippen LogP contribution is -2.14. The lowest BCUT2D eigenvalue weighted by molar-refractivity contribution is 0.233. The normalized spacial score (nSPS) is 12.5. The molecule has 1 aromatic rings. The maximum atomic E-state index is 6.06. The predicted octanol–water partition coefficient (Wildman–Crippen LogP) is 5.31. The van der Waals surface area contributed by atoms with Crippen LogP contribution in [0.3, 0.4) is 0 Å². The highest BCUT2D eigenvalue weighted by Crippen LogP contribution is 2.34. The average Bonchev–Trinajstić information content (AvgIpc) is 2.30. The van der Waals surface area contributed by atoms with Crippen LogP contribution in [0.25, 0.3) is 0 Å². The van der Waals surface area contributed by atoms with Crippen molar-refractivity contribution in [3.63, 3.8) is 0 Å². The SMILES string of the molecule is C=CC(CCC)Oc1c(Br)cccc1C(C)C. The molecule has 0 aromatic heterocycles. The fraction of sp³-hybridized carbons (Fsp3) is 0.467. The van der Waals surface area contributed by atoms with Gasteiger partial charge in [-0.25, -0.2) is 0 Å². The summed E-state index contributed by atoms with van der Waals surface area (Å²) in [4.78, 5) is 0. The number of hydrogen-bond donors (Lipinski definition) is 0. The van der Waals surface area contributed by atoms with Gasteiger partial charge < -0.3 is 4.74 Å². The fourth-order valence-electron chi connectivity index (χ4n) is 1.77. The van der Waals surface area contributed by atoms with Gasteiger partial charge in [0.05, 0.1) is 4.47 Å². The number of para-hydroxylation sites is 1. The van der Waals surface area contributed by atoms with E-state index in [1.54, 1.807) is 0 Å². The molecule has 0 fully saturated rings. The largest absolute Gasteiger partial charge is 0.485 e. The van der Waals surface area contributed by atoms with E-state index in [9.17, 15) is 0 Å². The van der Waals surface area contributed by atoms with Crippen molar-refractivity contribution in [2.75, 3.05) is 0 Å². The van der Waals surface area contributed by atoms with E-state index in [-0.39, 0.29) is 6.10 Å². The fourth-order valence-corrected chi connectivity index (χ4v) is 2.24. The van der Waals surface area contributed by atoms with Gasteiger partial charge in [-0.2, -0.15) is 0 Å². The molecule has 0 aliphatic carbocycles. The van der Waals surface area contributed by atoms with Crippen LogP contribution in [-0.4, -0.2) is 6.10 Å². The number of ether oxygens (including phenoxy) is 1. The monoisotopic (exact) mass is 296 g/mol. The molecule has 0 bridgehead atoms. The molecular formula is C15H21BrO. The molecule has 0 saturated heterocycles. The molecule has 2 heteroatoms. The molecule has 1 rings (SSSR count).